The van der Waals surface area contributed by atoms with Crippen LogP contribution in [0.1, 0.15) is 6.92 Å². The van der Waals surface area contributed by atoms with Gasteiger partial charge in [-0.2, -0.15) is 10.5 Å². The van der Waals surface area contributed by atoms with Crippen LogP contribution < -0.4 is 0 Å². The fourth-order valence-electron chi connectivity index (χ4n) is 1.09. The highest BCUT2D eigenvalue weighted by Gasteiger charge is 2.17. The van der Waals surface area contributed by atoms with Gasteiger partial charge in [0, 0.05) is 0 Å². The molecule has 0 aliphatic rings. The molecular weight excluding hydrogens is 272 g/mol. The van der Waals surface area contributed by atoms with Gasteiger partial charge < -0.3 is 9.47 Å². The van der Waals surface area contributed by atoms with Gasteiger partial charge in [-0.15, -0.1) is 0 Å². The van der Waals surface area contributed by atoms with Crippen molar-refractivity contribution >= 4 is 11.9 Å². The molecule has 1 unspecified atom stereocenters. The van der Waals surface area contributed by atoms with E-state index in [1.807, 2.05) is 0 Å². The van der Waals surface area contributed by atoms with Gasteiger partial charge in [0.2, 0.25) is 0 Å². The van der Waals surface area contributed by atoms with Gasteiger partial charge in [0.15, 0.2) is 0 Å². The molecule has 0 rings (SSSR count). The van der Waals surface area contributed by atoms with Crippen LogP contribution in [0.3, 0.4) is 0 Å². The molecule has 21 heavy (non-hydrogen) atoms. The first-order valence-corrected chi connectivity index (χ1v) is 5.83. The number of ether oxygens (including phenoxy) is 2. The molecule has 0 radical (unpaired) electrons. The molecule has 0 aromatic carbocycles. The van der Waals surface area contributed by atoms with Crippen molar-refractivity contribution in [1.29, 1.82) is 10.5 Å². The summed E-state index contributed by atoms with van der Waals surface area (Å²) < 4.78 is 9.71. The summed E-state index contributed by atoms with van der Waals surface area (Å²) in [5, 5.41) is 17.4. The third kappa shape index (κ3) is 6.55. The molecule has 6 nitrogen and oxygen atoms in total. The Balaban J connectivity index is 4.51. The second-order valence-electron chi connectivity index (χ2n) is 3.67. The smallest absolute Gasteiger partial charge is 0.349 e. The molecule has 6 heteroatoms. The minimum absolute atomic E-state index is 0.215. The average molecular weight is 286 g/mol. The number of allylic oxidation sites excluding steroid dienone is 4. The van der Waals surface area contributed by atoms with Crippen molar-refractivity contribution in [3.8, 4) is 12.1 Å². The first-order valence-electron chi connectivity index (χ1n) is 5.83. The van der Waals surface area contributed by atoms with E-state index >= 15 is 0 Å². The lowest BCUT2D eigenvalue weighted by Gasteiger charge is -2.12. The summed E-state index contributed by atoms with van der Waals surface area (Å²) in [6, 6.07) is 3.32. The Morgan fingerprint density at radius 3 is 2.00 bits per heavy atom. The predicted molar refractivity (Wildman–Crippen MR) is 74.3 cm³/mol. The molecule has 0 heterocycles. The summed E-state index contributed by atoms with van der Waals surface area (Å²) in [5.74, 6) is -1.69. The molecule has 0 aliphatic heterocycles. The maximum Gasteiger partial charge on any atom is 0.349 e. The van der Waals surface area contributed by atoms with Crippen LogP contribution in [0, 0.1) is 22.7 Å². The Morgan fingerprint density at radius 1 is 1.10 bits per heavy atom. The number of nitrogens with zero attached hydrogens (tertiary/aromatic N) is 2. The molecular formula is C15H14N2O4. The van der Waals surface area contributed by atoms with E-state index in [0.717, 1.165) is 0 Å². The zero-order chi connectivity index (χ0) is 16.3. The number of rotatable bonds is 7. The van der Waals surface area contributed by atoms with Gasteiger partial charge >= 0.3 is 11.9 Å². The highest BCUT2D eigenvalue weighted by molar-refractivity contribution is 5.93. The van der Waals surface area contributed by atoms with E-state index in [0.29, 0.717) is 0 Å². The summed E-state index contributed by atoms with van der Waals surface area (Å²) in [6.07, 6.45) is 4.21. The lowest BCUT2D eigenvalue weighted by Crippen LogP contribution is -2.23. The minimum Gasteiger partial charge on any atom is -0.458 e. The third-order valence-corrected chi connectivity index (χ3v) is 2.01. The van der Waals surface area contributed by atoms with Gasteiger partial charge in [0.05, 0.1) is 0 Å². The first kappa shape index (κ1) is 17.9. The SMILES string of the molecule is C=C/C=C(\C#N)C(=O)OCC(C)OC(=O)/C(C#N)=C/C=C. The van der Waals surface area contributed by atoms with Gasteiger partial charge in [0.25, 0.3) is 0 Å². The lowest BCUT2D eigenvalue weighted by molar-refractivity contribution is -0.152. The van der Waals surface area contributed by atoms with Crippen molar-refractivity contribution < 1.29 is 19.1 Å². The van der Waals surface area contributed by atoms with Crippen molar-refractivity contribution in [1.82, 2.24) is 0 Å². The summed E-state index contributed by atoms with van der Waals surface area (Å²) in [6.45, 7) is 7.97. The maximum absolute atomic E-state index is 11.5. The summed E-state index contributed by atoms with van der Waals surface area (Å²) in [5.41, 5.74) is -0.430. The molecule has 0 fully saturated rings. The number of hydrogen-bond acceptors (Lipinski definition) is 6. The van der Waals surface area contributed by atoms with Crippen LogP contribution in [0.4, 0.5) is 0 Å². The number of hydrogen-bond donors (Lipinski definition) is 0. The molecule has 108 valence electrons. The van der Waals surface area contributed by atoms with Gasteiger partial charge in [-0.1, -0.05) is 25.3 Å². The Hall–Kier alpha value is -3.12. The van der Waals surface area contributed by atoms with E-state index in [1.54, 1.807) is 12.1 Å². The van der Waals surface area contributed by atoms with Crippen LogP contribution in [-0.4, -0.2) is 24.6 Å². The Kier molecular flexibility index (Phi) is 8.31. The number of nitriles is 2. The van der Waals surface area contributed by atoms with Gasteiger partial charge in [0.1, 0.15) is 36.0 Å². The lowest BCUT2D eigenvalue weighted by atomic mass is 10.2. The Morgan fingerprint density at radius 2 is 1.57 bits per heavy atom. The highest BCUT2D eigenvalue weighted by Crippen LogP contribution is 2.04. The fourth-order valence-corrected chi connectivity index (χ4v) is 1.09. The van der Waals surface area contributed by atoms with Crippen LogP contribution >= 0.6 is 0 Å². The molecule has 0 aromatic heterocycles. The van der Waals surface area contributed by atoms with Crippen molar-refractivity contribution in [2.75, 3.05) is 6.61 Å². The molecule has 0 saturated carbocycles. The van der Waals surface area contributed by atoms with Crippen LogP contribution in [-0.2, 0) is 19.1 Å². The van der Waals surface area contributed by atoms with E-state index in [2.05, 4.69) is 13.2 Å². The van der Waals surface area contributed by atoms with E-state index in [1.165, 1.54) is 31.2 Å². The average Bonchev–Trinajstić information content (AvgIpc) is 2.47. The van der Waals surface area contributed by atoms with E-state index < -0.39 is 18.0 Å². The van der Waals surface area contributed by atoms with Crippen LogP contribution in [0.5, 0.6) is 0 Å². The molecule has 0 amide bonds. The molecule has 1 atom stereocenters. The van der Waals surface area contributed by atoms with Crippen molar-refractivity contribution in [2.24, 2.45) is 0 Å². The van der Waals surface area contributed by atoms with Crippen LogP contribution in [0.2, 0.25) is 0 Å². The largest absolute Gasteiger partial charge is 0.458 e. The van der Waals surface area contributed by atoms with Crippen molar-refractivity contribution in [3.05, 3.63) is 48.6 Å². The quantitative estimate of drug-likeness (QED) is 0.306. The second-order valence-corrected chi connectivity index (χ2v) is 3.67. The van der Waals surface area contributed by atoms with E-state index in [9.17, 15) is 9.59 Å². The van der Waals surface area contributed by atoms with E-state index in [-0.39, 0.29) is 17.8 Å². The van der Waals surface area contributed by atoms with Crippen molar-refractivity contribution in [2.45, 2.75) is 13.0 Å². The topological polar surface area (TPSA) is 100 Å². The Bertz CT molecular complexity index is 573. The van der Waals surface area contributed by atoms with Crippen LogP contribution in [0.25, 0.3) is 0 Å². The predicted octanol–water partition coefficient (Wildman–Crippen LogP) is 1.73. The van der Waals surface area contributed by atoms with Gasteiger partial charge in [-0.25, -0.2) is 9.59 Å². The summed E-state index contributed by atoms with van der Waals surface area (Å²) in [7, 11) is 0. The number of esters is 2. The summed E-state index contributed by atoms with van der Waals surface area (Å²) in [4.78, 5) is 23.0. The zero-order valence-electron chi connectivity index (χ0n) is 11.5. The molecule has 0 spiro atoms. The Labute approximate surface area is 122 Å². The number of carbonyl (C=O) groups excluding carboxylic acids is 2. The standard InChI is InChI=1S/C15H14N2O4/c1-4-6-12(8-16)14(18)20-10-11(3)21-15(19)13(9-17)7-5-2/h4-7,11H,1-2,10H2,3H3/b12-6+,13-7+. The normalized spacial score (nSPS) is 12.3. The minimum atomic E-state index is -0.845. The third-order valence-electron chi connectivity index (χ3n) is 2.01. The monoisotopic (exact) mass is 286 g/mol. The fraction of sp³-hybridized carbons (Fsp3) is 0.200. The second kappa shape index (κ2) is 9.76. The van der Waals surface area contributed by atoms with Crippen molar-refractivity contribution in [3.63, 3.8) is 0 Å². The van der Waals surface area contributed by atoms with Gasteiger partial charge in [-0.05, 0) is 19.1 Å². The zero-order valence-corrected chi connectivity index (χ0v) is 11.5. The summed E-state index contributed by atoms with van der Waals surface area (Å²) >= 11 is 0. The molecule has 0 aliphatic carbocycles. The number of carbonyl (C=O) groups is 2. The highest BCUT2D eigenvalue weighted by atomic mass is 16.6. The maximum atomic E-state index is 11.5. The molecule has 0 saturated heterocycles. The first-order chi connectivity index (χ1) is 9.99. The van der Waals surface area contributed by atoms with Gasteiger partial charge in [-0.3, -0.25) is 0 Å². The molecule has 0 aromatic rings. The van der Waals surface area contributed by atoms with Crippen LogP contribution in [0.15, 0.2) is 48.6 Å². The van der Waals surface area contributed by atoms with E-state index in [4.69, 9.17) is 20.0 Å². The molecule has 0 bridgehead atoms. The molecule has 0 N–H and O–H groups in total.